The third-order valence-corrected chi connectivity index (χ3v) is 3.45. The van der Waals surface area contributed by atoms with E-state index in [1.54, 1.807) is 0 Å². The number of aliphatic hydroxyl groups excluding tert-OH is 1. The van der Waals surface area contributed by atoms with Crippen molar-refractivity contribution in [2.45, 2.75) is 25.5 Å². The van der Waals surface area contributed by atoms with Crippen LogP contribution in [0.1, 0.15) is 25.0 Å². The molecule has 1 unspecified atom stereocenters. The first-order valence-corrected chi connectivity index (χ1v) is 6.55. The fraction of sp³-hybridized carbons (Fsp3) is 0.500. The number of amides is 1. The molecule has 2 atom stereocenters. The highest BCUT2D eigenvalue weighted by molar-refractivity contribution is 5.84. The lowest BCUT2D eigenvalue weighted by molar-refractivity contribution is -0.121. The average Bonchev–Trinajstić information content (AvgIpc) is 2.46. The van der Waals surface area contributed by atoms with E-state index >= 15 is 0 Å². The van der Waals surface area contributed by atoms with Gasteiger partial charge in [0, 0.05) is 17.8 Å². The van der Waals surface area contributed by atoms with Gasteiger partial charge in [-0.3, -0.25) is 4.79 Å². The Morgan fingerprint density at radius 1 is 1.58 bits per heavy atom. The van der Waals surface area contributed by atoms with E-state index in [2.05, 4.69) is 0 Å². The summed E-state index contributed by atoms with van der Waals surface area (Å²) in [6.07, 6.45) is 0.0929. The van der Waals surface area contributed by atoms with Crippen molar-refractivity contribution >= 4 is 11.6 Å². The van der Waals surface area contributed by atoms with Crippen LogP contribution in [0, 0.1) is 0 Å². The quantitative estimate of drug-likeness (QED) is 0.844. The third-order valence-electron chi connectivity index (χ3n) is 3.45. The molecule has 0 spiro atoms. The second-order valence-corrected chi connectivity index (χ2v) is 4.67. The van der Waals surface area contributed by atoms with Gasteiger partial charge in [0.1, 0.15) is 6.04 Å². The second-order valence-electron chi connectivity index (χ2n) is 4.67. The average molecular weight is 264 g/mol. The van der Waals surface area contributed by atoms with Crippen LogP contribution in [0.3, 0.4) is 0 Å². The minimum absolute atomic E-state index is 0.298. The minimum Gasteiger partial charge on any atom is -0.388 e. The van der Waals surface area contributed by atoms with Crippen LogP contribution >= 0.6 is 0 Å². The van der Waals surface area contributed by atoms with E-state index in [1.807, 2.05) is 36.1 Å². The molecule has 1 aliphatic heterocycles. The first-order valence-electron chi connectivity index (χ1n) is 6.55. The summed E-state index contributed by atoms with van der Waals surface area (Å²) >= 11 is 0. The van der Waals surface area contributed by atoms with Crippen LogP contribution in [0.5, 0.6) is 0 Å². The van der Waals surface area contributed by atoms with Gasteiger partial charge < -0.3 is 20.5 Å². The van der Waals surface area contributed by atoms with Crippen molar-refractivity contribution < 1.29 is 14.6 Å². The lowest BCUT2D eigenvalue weighted by Crippen LogP contribution is -2.53. The molecule has 1 aromatic carbocycles. The predicted octanol–water partition coefficient (Wildman–Crippen LogP) is 0.820. The molecule has 2 rings (SSSR count). The summed E-state index contributed by atoms with van der Waals surface area (Å²) in [4.78, 5) is 13.5. The molecule has 0 aliphatic carbocycles. The van der Waals surface area contributed by atoms with Gasteiger partial charge in [-0.15, -0.1) is 0 Å². The number of nitrogens with two attached hydrogens (primary N) is 1. The van der Waals surface area contributed by atoms with Gasteiger partial charge in [-0.05, 0) is 12.5 Å². The van der Waals surface area contributed by atoms with E-state index in [1.165, 1.54) is 0 Å². The normalized spacial score (nSPS) is 21.2. The maximum Gasteiger partial charge on any atom is 0.242 e. The number of rotatable bonds is 4. The van der Waals surface area contributed by atoms with Gasteiger partial charge in [-0.2, -0.15) is 0 Å². The van der Waals surface area contributed by atoms with E-state index in [-0.39, 0.29) is 0 Å². The van der Waals surface area contributed by atoms with E-state index in [0.29, 0.717) is 26.2 Å². The molecule has 3 N–H and O–H groups in total. The van der Waals surface area contributed by atoms with Crippen molar-refractivity contribution in [3.63, 3.8) is 0 Å². The van der Waals surface area contributed by atoms with Crippen molar-refractivity contribution in [1.29, 1.82) is 0 Å². The summed E-state index contributed by atoms with van der Waals surface area (Å²) in [5.74, 6) is -0.402. The van der Waals surface area contributed by atoms with Gasteiger partial charge in [-0.25, -0.2) is 0 Å². The lowest BCUT2D eigenvalue weighted by Gasteiger charge is -2.37. The largest absolute Gasteiger partial charge is 0.388 e. The Kier molecular flexibility index (Phi) is 4.39. The van der Waals surface area contributed by atoms with E-state index in [4.69, 9.17) is 10.5 Å². The Balaban J connectivity index is 2.36. The van der Waals surface area contributed by atoms with Gasteiger partial charge in [0.05, 0.1) is 19.3 Å². The number of hydrogen-bond acceptors (Lipinski definition) is 4. The maximum absolute atomic E-state index is 11.5. The molecule has 0 bridgehead atoms. The number of para-hydroxylation sites is 1. The number of primary amides is 1. The highest BCUT2D eigenvalue weighted by atomic mass is 16.5. The van der Waals surface area contributed by atoms with Crippen LogP contribution in [-0.2, 0) is 9.53 Å². The van der Waals surface area contributed by atoms with Gasteiger partial charge >= 0.3 is 0 Å². The molecule has 19 heavy (non-hydrogen) atoms. The molecule has 1 heterocycles. The SMILES string of the molecule is CC[C@@H](O)c1ccccc1N1CCOCC1C(N)=O. The zero-order valence-corrected chi connectivity index (χ0v) is 11.1. The van der Waals surface area contributed by atoms with Crippen LogP contribution in [0.4, 0.5) is 5.69 Å². The Hall–Kier alpha value is -1.59. The van der Waals surface area contributed by atoms with Crippen molar-refractivity contribution in [3.05, 3.63) is 29.8 Å². The Morgan fingerprint density at radius 3 is 3.00 bits per heavy atom. The van der Waals surface area contributed by atoms with Crippen LogP contribution < -0.4 is 10.6 Å². The summed E-state index contributed by atoms with van der Waals surface area (Å²) in [6, 6.07) is 7.11. The number of aliphatic hydroxyl groups is 1. The topological polar surface area (TPSA) is 75.8 Å². The van der Waals surface area contributed by atoms with Crippen LogP contribution in [0.15, 0.2) is 24.3 Å². The maximum atomic E-state index is 11.5. The molecular formula is C14H20N2O3. The third kappa shape index (κ3) is 2.88. The molecule has 0 aromatic heterocycles. The lowest BCUT2D eigenvalue weighted by atomic mass is 10.0. The van der Waals surface area contributed by atoms with E-state index < -0.39 is 18.1 Å². The van der Waals surface area contributed by atoms with Crippen LogP contribution in [0.2, 0.25) is 0 Å². The Morgan fingerprint density at radius 2 is 2.32 bits per heavy atom. The molecule has 0 saturated carbocycles. The van der Waals surface area contributed by atoms with Crippen molar-refractivity contribution in [2.75, 3.05) is 24.7 Å². The smallest absolute Gasteiger partial charge is 0.242 e. The van der Waals surface area contributed by atoms with Gasteiger partial charge in [0.15, 0.2) is 0 Å². The van der Waals surface area contributed by atoms with Crippen molar-refractivity contribution in [1.82, 2.24) is 0 Å². The van der Waals surface area contributed by atoms with E-state index in [0.717, 1.165) is 11.3 Å². The van der Waals surface area contributed by atoms with Crippen molar-refractivity contribution in [2.24, 2.45) is 5.73 Å². The summed E-state index contributed by atoms with van der Waals surface area (Å²) < 4.78 is 5.32. The number of anilines is 1. The summed E-state index contributed by atoms with van der Waals surface area (Å²) in [6.45, 7) is 3.37. The Labute approximate surface area is 113 Å². The number of nitrogens with zero attached hydrogens (tertiary/aromatic N) is 1. The summed E-state index contributed by atoms with van der Waals surface area (Å²) in [7, 11) is 0. The zero-order valence-electron chi connectivity index (χ0n) is 11.1. The number of morpholine rings is 1. The first kappa shape index (κ1) is 13.8. The summed E-state index contributed by atoms with van der Waals surface area (Å²) in [5, 5.41) is 10.1. The number of ether oxygens (including phenoxy) is 1. The predicted molar refractivity (Wildman–Crippen MR) is 72.8 cm³/mol. The zero-order chi connectivity index (χ0) is 13.8. The highest BCUT2D eigenvalue weighted by Crippen LogP contribution is 2.30. The fourth-order valence-corrected chi connectivity index (χ4v) is 2.38. The standard InChI is InChI=1S/C14H20N2O3/c1-2-13(17)10-5-3-4-6-11(10)16-7-8-19-9-12(16)14(15)18/h3-6,12-13,17H,2,7-9H2,1H3,(H2,15,18)/t12?,13-/m1/s1. The molecule has 1 aromatic rings. The van der Waals surface area contributed by atoms with Crippen LogP contribution in [0.25, 0.3) is 0 Å². The number of carbonyl (C=O) groups excluding carboxylic acids is 1. The monoisotopic (exact) mass is 264 g/mol. The molecular weight excluding hydrogens is 244 g/mol. The number of hydrogen-bond donors (Lipinski definition) is 2. The molecule has 104 valence electrons. The van der Waals surface area contributed by atoms with Crippen molar-refractivity contribution in [3.8, 4) is 0 Å². The highest BCUT2D eigenvalue weighted by Gasteiger charge is 2.29. The molecule has 5 heteroatoms. The van der Waals surface area contributed by atoms with Gasteiger partial charge in [-0.1, -0.05) is 25.1 Å². The molecule has 5 nitrogen and oxygen atoms in total. The molecule has 1 fully saturated rings. The molecule has 0 radical (unpaired) electrons. The first-order chi connectivity index (χ1) is 9.15. The van der Waals surface area contributed by atoms with E-state index in [9.17, 15) is 9.90 Å². The fourth-order valence-electron chi connectivity index (χ4n) is 2.38. The second kappa shape index (κ2) is 6.04. The minimum atomic E-state index is -0.535. The number of carbonyl (C=O) groups is 1. The van der Waals surface area contributed by atoms with Crippen LogP contribution in [-0.4, -0.2) is 36.8 Å². The van der Waals surface area contributed by atoms with Gasteiger partial charge in [0.2, 0.25) is 5.91 Å². The summed E-state index contributed by atoms with van der Waals surface area (Å²) in [5.41, 5.74) is 7.13. The molecule has 1 amide bonds. The van der Waals surface area contributed by atoms with Gasteiger partial charge in [0.25, 0.3) is 0 Å². The Bertz CT molecular complexity index is 450. The molecule has 1 saturated heterocycles. The molecule has 1 aliphatic rings. The number of benzene rings is 1.